The summed E-state index contributed by atoms with van der Waals surface area (Å²) < 4.78 is 30.7. The Labute approximate surface area is 174 Å². The summed E-state index contributed by atoms with van der Waals surface area (Å²) in [6.07, 6.45) is 4.72. The van der Waals surface area contributed by atoms with Crippen molar-refractivity contribution in [3.05, 3.63) is 58.7 Å². The molecule has 0 radical (unpaired) electrons. The number of hydrogen-bond donors (Lipinski definition) is 2. The zero-order valence-corrected chi connectivity index (χ0v) is 17.4. The quantitative estimate of drug-likeness (QED) is 0.709. The number of rotatable bonds is 5. The van der Waals surface area contributed by atoms with Crippen LogP contribution in [0.4, 0.5) is 4.79 Å². The molecular formula is C21H23N3O5S. The van der Waals surface area contributed by atoms with Gasteiger partial charge in [0.15, 0.2) is 0 Å². The molecule has 0 bridgehead atoms. The Kier molecular flexibility index (Phi) is 5.23. The Balaban J connectivity index is 1.54. The van der Waals surface area contributed by atoms with Crippen LogP contribution in [0.15, 0.2) is 57.3 Å². The average Bonchev–Trinajstić information content (AvgIpc) is 3.02. The summed E-state index contributed by atoms with van der Waals surface area (Å²) in [5, 5.41) is 11.9. The first-order chi connectivity index (χ1) is 14.2. The first-order valence-corrected chi connectivity index (χ1v) is 11.3. The lowest BCUT2D eigenvalue weighted by atomic mass is 9.84. The molecule has 0 aromatic heterocycles. The van der Waals surface area contributed by atoms with Gasteiger partial charge >= 0.3 is 16.2 Å². The fourth-order valence-electron chi connectivity index (χ4n) is 4.01. The van der Waals surface area contributed by atoms with Crippen LogP contribution in [0, 0.1) is 0 Å². The number of hydrogen-bond acceptors (Lipinski definition) is 6. The van der Waals surface area contributed by atoms with Gasteiger partial charge in [-0.25, -0.2) is 14.8 Å². The number of benzene rings is 2. The predicted octanol–water partition coefficient (Wildman–Crippen LogP) is 2.70. The van der Waals surface area contributed by atoms with E-state index in [4.69, 9.17) is 9.29 Å². The molecule has 1 atom stereocenters. The summed E-state index contributed by atoms with van der Waals surface area (Å²) >= 11 is 0. The van der Waals surface area contributed by atoms with Crippen molar-refractivity contribution < 1.29 is 22.5 Å². The SMILES string of the molecule is CC1(NC(=O)O)N=c2ccc(OS(=O)(=O)c3ccc(C4CCCCC4)cc3)cc2=N1. The zero-order valence-electron chi connectivity index (χ0n) is 16.5. The number of carboxylic acid groups (broad SMARTS) is 1. The van der Waals surface area contributed by atoms with E-state index in [9.17, 15) is 13.2 Å². The van der Waals surface area contributed by atoms with Crippen LogP contribution < -0.4 is 20.2 Å². The van der Waals surface area contributed by atoms with E-state index in [-0.39, 0.29) is 10.6 Å². The summed E-state index contributed by atoms with van der Waals surface area (Å²) in [4.78, 5) is 19.4. The lowest BCUT2D eigenvalue weighted by Gasteiger charge is -2.22. The molecule has 9 heteroatoms. The molecule has 1 aliphatic carbocycles. The molecule has 8 nitrogen and oxygen atoms in total. The lowest BCUT2D eigenvalue weighted by molar-refractivity contribution is 0.182. The minimum absolute atomic E-state index is 0.0848. The molecule has 2 N–H and O–H groups in total. The molecule has 1 fully saturated rings. The molecular weight excluding hydrogens is 406 g/mol. The maximum absolute atomic E-state index is 12.7. The van der Waals surface area contributed by atoms with Gasteiger partial charge in [-0.2, -0.15) is 8.42 Å². The highest BCUT2D eigenvalue weighted by Gasteiger charge is 2.27. The third kappa shape index (κ3) is 4.30. The van der Waals surface area contributed by atoms with E-state index in [1.54, 1.807) is 18.2 Å². The topological polar surface area (TPSA) is 117 Å². The molecule has 2 aliphatic rings. The summed E-state index contributed by atoms with van der Waals surface area (Å²) in [7, 11) is -4.01. The summed E-state index contributed by atoms with van der Waals surface area (Å²) in [5.41, 5.74) is 1.16. The van der Waals surface area contributed by atoms with E-state index in [0.29, 0.717) is 16.6 Å². The van der Waals surface area contributed by atoms with Gasteiger partial charge in [-0.05, 0) is 48.6 Å². The molecule has 1 heterocycles. The van der Waals surface area contributed by atoms with Gasteiger partial charge in [0.1, 0.15) is 10.6 Å². The van der Waals surface area contributed by atoms with Crippen LogP contribution in [-0.4, -0.2) is 25.4 Å². The van der Waals surface area contributed by atoms with Crippen molar-refractivity contribution in [1.29, 1.82) is 0 Å². The second kappa shape index (κ2) is 7.71. The average molecular weight is 429 g/mol. The Morgan fingerprint density at radius 2 is 1.73 bits per heavy atom. The normalized spacial score (nSPS) is 21.2. The Hall–Kier alpha value is -2.94. The van der Waals surface area contributed by atoms with Gasteiger partial charge in [0.25, 0.3) is 0 Å². The van der Waals surface area contributed by atoms with Crippen LogP contribution in [0.2, 0.25) is 0 Å². The minimum Gasteiger partial charge on any atom is -0.465 e. The fraction of sp³-hybridized carbons (Fsp3) is 0.381. The number of nitrogens with one attached hydrogen (secondary N) is 1. The first-order valence-electron chi connectivity index (χ1n) is 9.89. The van der Waals surface area contributed by atoms with Crippen molar-refractivity contribution in [3.63, 3.8) is 0 Å². The van der Waals surface area contributed by atoms with Crippen molar-refractivity contribution >= 4 is 16.2 Å². The molecule has 4 rings (SSSR count). The van der Waals surface area contributed by atoms with Crippen molar-refractivity contribution in [1.82, 2.24) is 5.32 Å². The number of carbonyl (C=O) groups is 1. The van der Waals surface area contributed by atoms with Gasteiger partial charge in [-0.1, -0.05) is 31.4 Å². The Morgan fingerprint density at radius 3 is 2.40 bits per heavy atom. The molecule has 2 aromatic rings. The lowest BCUT2D eigenvalue weighted by Crippen LogP contribution is -2.41. The van der Waals surface area contributed by atoms with Crippen LogP contribution in [0.1, 0.15) is 50.5 Å². The van der Waals surface area contributed by atoms with E-state index >= 15 is 0 Å². The van der Waals surface area contributed by atoms with Crippen LogP contribution in [0.25, 0.3) is 0 Å². The summed E-state index contributed by atoms with van der Waals surface area (Å²) in [6, 6.07) is 11.4. The second-order valence-corrected chi connectivity index (χ2v) is 9.31. The molecule has 1 unspecified atom stereocenters. The molecule has 1 saturated carbocycles. The molecule has 0 spiro atoms. The van der Waals surface area contributed by atoms with Crippen molar-refractivity contribution in [3.8, 4) is 5.75 Å². The fourth-order valence-corrected chi connectivity index (χ4v) is 4.93. The Bertz CT molecular complexity index is 1190. The van der Waals surface area contributed by atoms with Crippen molar-refractivity contribution in [2.24, 2.45) is 9.98 Å². The van der Waals surface area contributed by atoms with Crippen LogP contribution in [0.3, 0.4) is 0 Å². The van der Waals surface area contributed by atoms with E-state index in [1.165, 1.54) is 38.3 Å². The maximum Gasteiger partial charge on any atom is 0.408 e. The monoisotopic (exact) mass is 429 g/mol. The second-order valence-electron chi connectivity index (χ2n) is 7.77. The zero-order chi connectivity index (χ0) is 21.4. The van der Waals surface area contributed by atoms with Gasteiger partial charge in [-0.3, -0.25) is 5.32 Å². The predicted molar refractivity (Wildman–Crippen MR) is 108 cm³/mol. The molecule has 0 saturated heterocycles. The third-order valence-corrected chi connectivity index (χ3v) is 6.68. The molecule has 1 aliphatic heterocycles. The largest absolute Gasteiger partial charge is 0.465 e. The van der Waals surface area contributed by atoms with E-state index in [2.05, 4.69) is 15.3 Å². The number of nitrogens with zero attached hydrogens (tertiary/aromatic N) is 2. The Morgan fingerprint density at radius 1 is 1.07 bits per heavy atom. The smallest absolute Gasteiger partial charge is 0.408 e. The summed E-state index contributed by atoms with van der Waals surface area (Å²) in [6.45, 7) is 1.51. The van der Waals surface area contributed by atoms with Gasteiger partial charge < -0.3 is 9.29 Å². The highest BCUT2D eigenvalue weighted by molar-refractivity contribution is 7.87. The van der Waals surface area contributed by atoms with Gasteiger partial charge in [0, 0.05) is 13.0 Å². The van der Waals surface area contributed by atoms with Crippen LogP contribution in [0.5, 0.6) is 5.75 Å². The van der Waals surface area contributed by atoms with E-state index in [0.717, 1.165) is 18.4 Å². The molecule has 1 amide bonds. The molecule has 2 aromatic carbocycles. The first kappa shape index (κ1) is 20.3. The number of fused-ring (bicyclic) bond motifs is 1. The van der Waals surface area contributed by atoms with E-state index < -0.39 is 22.0 Å². The van der Waals surface area contributed by atoms with Crippen molar-refractivity contribution in [2.75, 3.05) is 0 Å². The highest BCUT2D eigenvalue weighted by atomic mass is 32.2. The third-order valence-electron chi connectivity index (χ3n) is 5.42. The van der Waals surface area contributed by atoms with Gasteiger partial charge in [0.2, 0.25) is 5.79 Å². The molecule has 158 valence electrons. The summed E-state index contributed by atoms with van der Waals surface area (Å²) in [5.74, 6) is -0.767. The van der Waals surface area contributed by atoms with Crippen molar-refractivity contribution in [2.45, 2.75) is 55.6 Å². The standard InChI is InChI=1S/C21H23N3O5S/c1-21(24-20(25)26)22-18-12-9-16(13-19(18)23-21)29-30(27,28)17-10-7-15(8-11-17)14-5-3-2-4-6-14/h7-14,24H,2-6H2,1H3,(H,25,26). The maximum atomic E-state index is 12.7. The van der Waals surface area contributed by atoms with Gasteiger partial charge in [-0.15, -0.1) is 0 Å². The molecule has 30 heavy (non-hydrogen) atoms. The highest BCUT2D eigenvalue weighted by Crippen LogP contribution is 2.33. The van der Waals surface area contributed by atoms with Crippen LogP contribution in [-0.2, 0) is 10.1 Å². The van der Waals surface area contributed by atoms with Crippen LogP contribution >= 0.6 is 0 Å². The van der Waals surface area contributed by atoms with Gasteiger partial charge in [0.05, 0.1) is 10.7 Å². The number of amides is 1. The minimum atomic E-state index is -4.01. The van der Waals surface area contributed by atoms with E-state index in [1.807, 2.05) is 12.1 Å².